The molecule has 1 aromatic heterocycles. The van der Waals surface area contributed by atoms with E-state index in [1.54, 1.807) is 0 Å². The Morgan fingerprint density at radius 2 is 2.83 bits per heavy atom. The average molecular weight is 85.1 g/mol. The summed E-state index contributed by atoms with van der Waals surface area (Å²) in [6.45, 7) is 0. The number of aromatic amines is 1. The maximum absolute atomic E-state index is 6.61. The second-order valence-corrected chi connectivity index (χ2v) is 0.816. The molecule has 0 aromatic carbocycles. The van der Waals surface area contributed by atoms with Crippen LogP contribution in [0.1, 0.15) is 0 Å². The summed E-state index contributed by atoms with van der Waals surface area (Å²) in [7, 11) is 0. The Morgan fingerprint density at radius 3 is 3.00 bits per heavy atom. The van der Waals surface area contributed by atoms with Gasteiger partial charge in [0.15, 0.2) is 0 Å². The van der Waals surface area contributed by atoms with Gasteiger partial charge in [0.25, 0.3) is 5.55 Å². The van der Waals surface area contributed by atoms with Crippen molar-refractivity contribution in [3.63, 3.8) is 0 Å². The molecule has 0 aliphatic rings. The van der Waals surface area contributed by atoms with Crippen molar-refractivity contribution >= 4 is 0 Å². The molecule has 0 amide bonds. The average Bonchev–Trinajstić information content (AvgIpc) is 1.86. The molecule has 0 spiro atoms. The zero-order valence-electron chi connectivity index (χ0n) is 2.93. The molecule has 1 heterocycles. The van der Waals surface area contributed by atoms with Gasteiger partial charge in [0.05, 0.1) is 0 Å². The molecule has 0 aliphatic carbocycles. The maximum atomic E-state index is 6.61. The summed E-state index contributed by atoms with van der Waals surface area (Å²) in [6.07, 6.45) is 1.28. The Labute approximate surface area is 33.3 Å². The molecule has 0 saturated heterocycles. The van der Waals surface area contributed by atoms with E-state index < -0.39 is 0 Å². The van der Waals surface area contributed by atoms with Crippen molar-refractivity contribution in [1.82, 2.24) is 10.4 Å². The van der Waals surface area contributed by atoms with Gasteiger partial charge in [-0.1, -0.05) is 0 Å². The molecule has 4 heteroatoms. The van der Waals surface area contributed by atoms with Crippen LogP contribution in [0.5, 0.6) is 0 Å². The molecule has 0 fully saturated rings. The summed E-state index contributed by atoms with van der Waals surface area (Å²) in [5, 5.41) is 12.1. The monoisotopic (exact) mass is 85.0 g/mol. The zero-order chi connectivity index (χ0) is 4.41. The van der Waals surface area contributed by atoms with Gasteiger partial charge in [-0.25, -0.2) is 0 Å². The minimum absolute atomic E-state index is 0.0509. The van der Waals surface area contributed by atoms with E-state index in [0.29, 0.717) is 0 Å². The van der Waals surface area contributed by atoms with Crippen molar-refractivity contribution in [2.24, 2.45) is 0 Å². The van der Waals surface area contributed by atoms with E-state index >= 15 is 0 Å². The minimum Gasteiger partial charge on any atom is -0.344 e. The molecule has 0 unspecified atom stereocenters. The van der Waals surface area contributed by atoms with Gasteiger partial charge in [-0.3, -0.25) is 5.41 Å². The first-order chi connectivity index (χ1) is 2.89. The highest BCUT2D eigenvalue weighted by Crippen LogP contribution is 1.50. The van der Waals surface area contributed by atoms with Crippen LogP contribution in [0.25, 0.3) is 0 Å². The standard InChI is InChI=1S/C2H3N3O/c3-2-1-4-5-6-2/h1,3,5H. The van der Waals surface area contributed by atoms with Crippen LogP contribution in [-0.4, -0.2) is 10.4 Å². The molecule has 6 heavy (non-hydrogen) atoms. The van der Waals surface area contributed by atoms with Crippen molar-refractivity contribution in [1.29, 1.82) is 5.41 Å². The first-order valence-electron chi connectivity index (χ1n) is 1.43. The lowest BCUT2D eigenvalue weighted by atomic mass is 10.9. The Balaban J connectivity index is 3.41. The van der Waals surface area contributed by atoms with Crippen LogP contribution in [0.4, 0.5) is 0 Å². The topological polar surface area (TPSA) is 65.7 Å². The van der Waals surface area contributed by atoms with Crippen LogP contribution in [-0.2, 0) is 0 Å². The molecule has 0 atom stereocenters. The fourth-order valence-corrected chi connectivity index (χ4v) is 0.187. The molecule has 0 saturated carbocycles. The van der Waals surface area contributed by atoms with Crippen molar-refractivity contribution in [2.75, 3.05) is 0 Å². The number of aromatic nitrogens is 2. The largest absolute Gasteiger partial charge is 0.344 e. The molecular weight excluding hydrogens is 82.0 g/mol. The van der Waals surface area contributed by atoms with E-state index in [1.165, 1.54) is 6.20 Å². The highest BCUT2D eigenvalue weighted by Gasteiger charge is 1.70. The molecule has 32 valence electrons. The van der Waals surface area contributed by atoms with Gasteiger partial charge < -0.3 is 4.52 Å². The molecule has 0 radical (unpaired) electrons. The van der Waals surface area contributed by atoms with Gasteiger partial charge >= 0.3 is 0 Å². The summed E-state index contributed by atoms with van der Waals surface area (Å²) in [5.74, 6) is 0. The van der Waals surface area contributed by atoms with Crippen LogP contribution in [0.2, 0.25) is 0 Å². The fourth-order valence-electron chi connectivity index (χ4n) is 0.187. The Bertz CT molecular complexity index is 147. The van der Waals surface area contributed by atoms with Crippen molar-refractivity contribution in [3.05, 3.63) is 11.8 Å². The lowest BCUT2D eigenvalue weighted by Crippen LogP contribution is -1.85. The quantitative estimate of drug-likeness (QED) is 0.445. The summed E-state index contributed by atoms with van der Waals surface area (Å²) in [6, 6.07) is 0. The van der Waals surface area contributed by atoms with Crippen molar-refractivity contribution in [2.45, 2.75) is 0 Å². The molecule has 1 rings (SSSR count). The Morgan fingerprint density at radius 1 is 2.00 bits per heavy atom. The van der Waals surface area contributed by atoms with Gasteiger partial charge in [0.1, 0.15) is 6.20 Å². The molecule has 4 nitrogen and oxygen atoms in total. The molecule has 2 N–H and O–H groups in total. The molecular formula is C2H3N3O. The predicted molar refractivity (Wildman–Crippen MR) is 16.7 cm³/mol. The zero-order valence-corrected chi connectivity index (χ0v) is 2.93. The van der Waals surface area contributed by atoms with Crippen molar-refractivity contribution in [3.8, 4) is 0 Å². The SMILES string of the molecule is N=c1cn[nH]o1. The van der Waals surface area contributed by atoms with Gasteiger partial charge in [0.2, 0.25) is 0 Å². The summed E-state index contributed by atoms with van der Waals surface area (Å²) >= 11 is 0. The van der Waals surface area contributed by atoms with E-state index in [4.69, 9.17) is 5.41 Å². The van der Waals surface area contributed by atoms with Crippen LogP contribution < -0.4 is 5.55 Å². The van der Waals surface area contributed by atoms with Crippen LogP contribution in [0.3, 0.4) is 0 Å². The van der Waals surface area contributed by atoms with Crippen LogP contribution in [0, 0.1) is 5.41 Å². The number of hydrogen-bond donors (Lipinski definition) is 2. The van der Waals surface area contributed by atoms with Gasteiger partial charge in [-0.2, -0.15) is 0 Å². The normalized spacial score (nSPS) is 8.67. The summed E-state index contributed by atoms with van der Waals surface area (Å²) < 4.78 is 4.26. The highest BCUT2D eigenvalue weighted by atomic mass is 16.5. The Hall–Kier alpha value is -1.06. The third-order valence-electron chi connectivity index (χ3n) is 0.390. The summed E-state index contributed by atoms with van der Waals surface area (Å²) in [5.41, 5.74) is 0.0509. The van der Waals surface area contributed by atoms with Gasteiger partial charge in [0, 0.05) is 0 Å². The van der Waals surface area contributed by atoms with E-state index in [0.717, 1.165) is 0 Å². The van der Waals surface area contributed by atoms with Crippen molar-refractivity contribution < 1.29 is 4.52 Å². The Kier molecular flexibility index (Phi) is 0.506. The number of hydrogen-bond acceptors (Lipinski definition) is 3. The highest BCUT2D eigenvalue weighted by molar-refractivity contribution is 4.47. The van der Waals surface area contributed by atoms with E-state index in [2.05, 4.69) is 14.9 Å². The lowest BCUT2D eigenvalue weighted by molar-refractivity contribution is 0.355. The summed E-state index contributed by atoms with van der Waals surface area (Å²) in [4.78, 5) is 0. The first kappa shape index (κ1) is 3.14. The number of rotatable bonds is 0. The lowest BCUT2D eigenvalue weighted by Gasteiger charge is -1.54. The van der Waals surface area contributed by atoms with Gasteiger partial charge in [-0.15, -0.1) is 10.4 Å². The third-order valence-corrected chi connectivity index (χ3v) is 0.390. The molecule has 0 aliphatic heterocycles. The predicted octanol–water partition coefficient (Wildman–Crippen LogP) is -0.518. The third kappa shape index (κ3) is 0.314. The van der Waals surface area contributed by atoms with E-state index in [-0.39, 0.29) is 5.55 Å². The second kappa shape index (κ2) is 0.965. The van der Waals surface area contributed by atoms with Gasteiger partial charge in [-0.05, 0) is 0 Å². The maximum Gasteiger partial charge on any atom is 0.260 e. The minimum atomic E-state index is 0.0509. The molecule has 1 aromatic rings. The van der Waals surface area contributed by atoms with E-state index in [1.807, 2.05) is 0 Å². The smallest absolute Gasteiger partial charge is 0.260 e. The van der Waals surface area contributed by atoms with E-state index in [9.17, 15) is 0 Å². The molecule has 0 bridgehead atoms. The second-order valence-electron chi connectivity index (χ2n) is 0.816. The number of nitrogens with one attached hydrogen (secondary N) is 2. The van der Waals surface area contributed by atoms with Crippen LogP contribution >= 0.6 is 0 Å². The fraction of sp³-hybridized carbons (Fsp3) is 0. The first-order valence-corrected chi connectivity index (χ1v) is 1.43. The number of nitrogens with zero attached hydrogens (tertiary/aromatic N) is 1. The van der Waals surface area contributed by atoms with Crippen LogP contribution in [0.15, 0.2) is 10.7 Å². The number of H-pyrrole nitrogens is 1.